The first-order chi connectivity index (χ1) is 13.7. The van der Waals surface area contributed by atoms with E-state index < -0.39 is 0 Å². The van der Waals surface area contributed by atoms with Crippen LogP contribution in [0.5, 0.6) is 0 Å². The summed E-state index contributed by atoms with van der Waals surface area (Å²) < 4.78 is 5.38. The van der Waals surface area contributed by atoms with E-state index in [2.05, 4.69) is 35.6 Å². The summed E-state index contributed by atoms with van der Waals surface area (Å²) >= 11 is 6.28. The van der Waals surface area contributed by atoms with Crippen molar-refractivity contribution in [3.8, 4) is 11.5 Å². The number of halogens is 1. The van der Waals surface area contributed by atoms with Gasteiger partial charge < -0.3 is 15.4 Å². The lowest BCUT2D eigenvalue weighted by Gasteiger charge is -2.22. The molecule has 0 spiro atoms. The summed E-state index contributed by atoms with van der Waals surface area (Å²) in [6.45, 7) is 3.47. The fourth-order valence-electron chi connectivity index (χ4n) is 2.96. The fraction of sp³-hybridized carbons (Fsp3) is 0.316. The highest BCUT2D eigenvalue weighted by Crippen LogP contribution is 2.28. The zero-order valence-corrected chi connectivity index (χ0v) is 16.1. The summed E-state index contributed by atoms with van der Waals surface area (Å²) in [5, 5.41) is 7.13. The third-order valence-corrected chi connectivity index (χ3v) is 4.78. The average Bonchev–Trinajstić information content (AvgIpc) is 2.72. The molecule has 0 radical (unpaired) electrons. The zero-order chi connectivity index (χ0) is 19.3. The molecule has 1 aliphatic rings. The molecule has 2 N–H and O–H groups in total. The lowest BCUT2D eigenvalue weighted by molar-refractivity contribution is 0.0903. The number of nitrogens with one attached hydrogen (secondary N) is 2. The Hall–Kier alpha value is -2.84. The van der Waals surface area contributed by atoms with Gasteiger partial charge >= 0.3 is 0 Å². The number of nitrogens with zero attached hydrogens (tertiary/aromatic N) is 5. The minimum atomic E-state index is 0.301. The minimum Gasteiger partial charge on any atom is -0.381 e. The van der Waals surface area contributed by atoms with E-state index in [4.69, 9.17) is 16.3 Å². The lowest BCUT2D eigenvalue weighted by Crippen LogP contribution is -2.28. The quantitative estimate of drug-likeness (QED) is 0.673. The van der Waals surface area contributed by atoms with Crippen molar-refractivity contribution in [1.29, 1.82) is 0 Å². The molecule has 9 heteroatoms. The molecule has 0 aliphatic carbocycles. The van der Waals surface area contributed by atoms with Crippen molar-refractivity contribution in [2.24, 2.45) is 0 Å². The molecule has 2 aromatic heterocycles. The van der Waals surface area contributed by atoms with E-state index in [1.54, 1.807) is 12.3 Å². The van der Waals surface area contributed by atoms with Crippen LogP contribution in [0.3, 0.4) is 0 Å². The Labute approximate surface area is 167 Å². The highest BCUT2D eigenvalue weighted by atomic mass is 35.5. The van der Waals surface area contributed by atoms with E-state index in [1.807, 2.05) is 25.1 Å². The first-order valence-corrected chi connectivity index (χ1v) is 9.46. The molecule has 1 aromatic carbocycles. The summed E-state index contributed by atoms with van der Waals surface area (Å²) in [4.78, 5) is 21.8. The Balaban J connectivity index is 1.55. The summed E-state index contributed by atoms with van der Waals surface area (Å²) in [5.41, 5.74) is 2.38. The third kappa shape index (κ3) is 4.35. The number of aromatic nitrogens is 5. The van der Waals surface area contributed by atoms with Crippen LogP contribution in [0.25, 0.3) is 11.5 Å². The molecule has 4 rings (SSSR count). The van der Waals surface area contributed by atoms with Crippen LogP contribution in [0.1, 0.15) is 18.4 Å². The van der Waals surface area contributed by atoms with Gasteiger partial charge in [0.1, 0.15) is 12.0 Å². The summed E-state index contributed by atoms with van der Waals surface area (Å²) in [5.74, 6) is 1.44. The van der Waals surface area contributed by atoms with Gasteiger partial charge in [-0.25, -0.2) is 19.9 Å². The first kappa shape index (κ1) is 18.5. The number of benzene rings is 1. The van der Waals surface area contributed by atoms with Crippen LogP contribution in [-0.2, 0) is 4.74 Å². The molecule has 0 unspecified atom stereocenters. The topological polar surface area (TPSA) is 97.7 Å². The molecule has 1 aliphatic heterocycles. The summed E-state index contributed by atoms with van der Waals surface area (Å²) in [6, 6.07) is 7.75. The van der Waals surface area contributed by atoms with Gasteiger partial charge in [0, 0.05) is 25.5 Å². The van der Waals surface area contributed by atoms with Crippen LogP contribution in [0.15, 0.2) is 36.8 Å². The predicted octanol–water partition coefficient (Wildman–Crippen LogP) is 3.62. The molecule has 28 heavy (non-hydrogen) atoms. The van der Waals surface area contributed by atoms with Gasteiger partial charge in [-0.3, -0.25) is 0 Å². The van der Waals surface area contributed by atoms with Crippen molar-refractivity contribution in [3.63, 3.8) is 0 Å². The van der Waals surface area contributed by atoms with Gasteiger partial charge in [-0.15, -0.1) is 0 Å². The van der Waals surface area contributed by atoms with Gasteiger partial charge in [0.2, 0.25) is 11.9 Å². The first-order valence-electron chi connectivity index (χ1n) is 9.08. The van der Waals surface area contributed by atoms with Crippen LogP contribution in [-0.4, -0.2) is 44.2 Å². The number of rotatable bonds is 5. The van der Waals surface area contributed by atoms with Gasteiger partial charge in [0.25, 0.3) is 0 Å². The molecule has 1 fully saturated rings. The zero-order valence-electron chi connectivity index (χ0n) is 15.4. The Morgan fingerprint density at radius 1 is 1.04 bits per heavy atom. The normalized spacial score (nSPS) is 14.6. The maximum Gasteiger partial charge on any atom is 0.227 e. The van der Waals surface area contributed by atoms with Gasteiger partial charge in [0.15, 0.2) is 5.82 Å². The highest BCUT2D eigenvalue weighted by molar-refractivity contribution is 6.33. The average molecular weight is 398 g/mol. The molecule has 0 amide bonds. The summed E-state index contributed by atoms with van der Waals surface area (Å²) in [6.07, 6.45) is 5.00. The van der Waals surface area contributed by atoms with Crippen molar-refractivity contribution in [3.05, 3.63) is 47.4 Å². The smallest absolute Gasteiger partial charge is 0.227 e. The van der Waals surface area contributed by atoms with Crippen molar-refractivity contribution >= 4 is 29.2 Å². The van der Waals surface area contributed by atoms with E-state index in [-0.39, 0.29) is 0 Å². The van der Waals surface area contributed by atoms with Gasteiger partial charge in [0.05, 0.1) is 10.7 Å². The lowest BCUT2D eigenvalue weighted by atomic mass is 10.1. The maximum atomic E-state index is 6.28. The summed E-state index contributed by atoms with van der Waals surface area (Å²) in [7, 11) is 0. The molecular weight excluding hydrogens is 378 g/mol. The van der Waals surface area contributed by atoms with Crippen LogP contribution < -0.4 is 10.6 Å². The van der Waals surface area contributed by atoms with E-state index in [1.165, 1.54) is 6.33 Å². The monoisotopic (exact) mass is 397 g/mol. The molecule has 8 nitrogen and oxygen atoms in total. The Bertz CT molecular complexity index is 942. The number of anilines is 3. The van der Waals surface area contributed by atoms with Crippen molar-refractivity contribution in [2.75, 3.05) is 23.8 Å². The number of aryl methyl sites for hydroxylation is 1. The number of ether oxygens (including phenoxy) is 1. The second-order valence-corrected chi connectivity index (χ2v) is 6.89. The molecule has 1 saturated heterocycles. The van der Waals surface area contributed by atoms with Crippen LogP contribution in [0.2, 0.25) is 5.02 Å². The van der Waals surface area contributed by atoms with Crippen molar-refractivity contribution in [1.82, 2.24) is 24.9 Å². The largest absolute Gasteiger partial charge is 0.381 e. The molecule has 3 heterocycles. The second kappa shape index (κ2) is 8.45. The molecule has 0 bridgehead atoms. The number of hydrogen-bond donors (Lipinski definition) is 2. The van der Waals surface area contributed by atoms with Crippen LogP contribution in [0.4, 0.5) is 17.6 Å². The van der Waals surface area contributed by atoms with Crippen molar-refractivity contribution in [2.45, 2.75) is 25.8 Å². The third-order valence-electron chi connectivity index (χ3n) is 4.47. The van der Waals surface area contributed by atoms with E-state index in [0.29, 0.717) is 34.5 Å². The van der Waals surface area contributed by atoms with Gasteiger partial charge in [-0.2, -0.15) is 4.98 Å². The fourth-order valence-corrected chi connectivity index (χ4v) is 3.23. The molecule has 0 saturated carbocycles. The number of para-hydroxylation sites is 1. The van der Waals surface area contributed by atoms with Gasteiger partial charge in [-0.1, -0.05) is 23.7 Å². The Kier molecular flexibility index (Phi) is 5.59. The van der Waals surface area contributed by atoms with E-state index in [0.717, 1.165) is 37.3 Å². The Morgan fingerprint density at radius 3 is 2.71 bits per heavy atom. The Morgan fingerprint density at radius 2 is 1.89 bits per heavy atom. The molecular formula is C19H20ClN7O. The molecule has 0 atom stereocenters. The predicted molar refractivity (Wildman–Crippen MR) is 108 cm³/mol. The minimum absolute atomic E-state index is 0.301. The van der Waals surface area contributed by atoms with E-state index >= 15 is 0 Å². The SMILES string of the molecule is Cc1cccc(Cl)c1Nc1nccc(-c2ncnc(NC3CCOCC3)n2)n1. The molecule has 3 aromatic rings. The van der Waals surface area contributed by atoms with Crippen molar-refractivity contribution < 1.29 is 4.74 Å². The van der Waals surface area contributed by atoms with Gasteiger partial charge in [-0.05, 0) is 37.5 Å². The highest BCUT2D eigenvalue weighted by Gasteiger charge is 2.15. The van der Waals surface area contributed by atoms with Crippen LogP contribution >= 0.6 is 11.6 Å². The standard InChI is InChI=1S/C19H20ClN7O/c1-12-3-2-4-14(20)16(12)26-18-21-8-5-15(25-18)17-22-11-23-19(27-17)24-13-6-9-28-10-7-13/h2-5,8,11,13H,6-7,9-10H2,1H3,(H,21,25,26)(H,22,23,24,27). The second-order valence-electron chi connectivity index (χ2n) is 6.49. The molecule has 144 valence electrons. The number of hydrogen-bond acceptors (Lipinski definition) is 8. The maximum absolute atomic E-state index is 6.28. The van der Waals surface area contributed by atoms with E-state index in [9.17, 15) is 0 Å². The van der Waals surface area contributed by atoms with Crippen LogP contribution in [0, 0.1) is 6.92 Å².